The zero-order valence-electron chi connectivity index (χ0n) is 10.7. The van der Waals surface area contributed by atoms with Crippen LogP contribution < -0.4 is 0 Å². The van der Waals surface area contributed by atoms with Gasteiger partial charge in [-0.3, -0.25) is 0 Å². The zero-order chi connectivity index (χ0) is 11.4. The topological polar surface area (TPSA) is 0 Å². The number of rotatable bonds is 5. The number of halogens is 1. The van der Waals surface area contributed by atoms with Gasteiger partial charge >= 0.3 is 0 Å². The molecule has 92 valence electrons. The second kappa shape index (κ2) is 12.4. The number of alkyl halides is 1. The van der Waals surface area contributed by atoms with Gasteiger partial charge in [-0.05, 0) is 12.3 Å². The summed E-state index contributed by atoms with van der Waals surface area (Å²) in [7, 11) is 0. The van der Waals surface area contributed by atoms with Crippen molar-refractivity contribution in [3.05, 3.63) is 0 Å². The average Bonchev–Trinajstić information content (AvgIpc) is 2.29. The number of hydrogen-bond donors (Lipinski definition) is 0. The zero-order valence-corrected chi connectivity index (χ0v) is 11.5. The van der Waals surface area contributed by atoms with E-state index in [1.165, 1.54) is 64.2 Å². The molecule has 0 spiro atoms. The van der Waals surface area contributed by atoms with Crippen LogP contribution in [0.5, 0.6) is 0 Å². The quantitative estimate of drug-likeness (QED) is 0.416. The van der Waals surface area contributed by atoms with Crippen LogP contribution in [0.15, 0.2) is 0 Å². The Kier molecular flexibility index (Phi) is 12.6. The van der Waals surface area contributed by atoms with Gasteiger partial charge in [0.15, 0.2) is 0 Å². The molecule has 15 heavy (non-hydrogen) atoms. The lowest BCUT2D eigenvalue weighted by molar-refractivity contribution is 0.336. The van der Waals surface area contributed by atoms with Crippen molar-refractivity contribution < 1.29 is 0 Å². The van der Waals surface area contributed by atoms with Crippen molar-refractivity contribution >= 4 is 11.6 Å². The Bertz CT molecular complexity index is 99.2. The number of unbranched alkanes of at least 4 members (excludes halogenated alkanes) is 2. The second-order valence-electron chi connectivity index (χ2n) is 4.69. The SMILES string of the molecule is CCCC1CCCCC1.CCCCCCl. The van der Waals surface area contributed by atoms with Crippen LogP contribution in [-0.2, 0) is 0 Å². The highest BCUT2D eigenvalue weighted by molar-refractivity contribution is 6.17. The van der Waals surface area contributed by atoms with Crippen molar-refractivity contribution in [3.8, 4) is 0 Å². The van der Waals surface area contributed by atoms with Crippen LogP contribution in [0.4, 0.5) is 0 Å². The van der Waals surface area contributed by atoms with Crippen molar-refractivity contribution in [3.63, 3.8) is 0 Å². The highest BCUT2D eigenvalue weighted by Gasteiger charge is 2.10. The van der Waals surface area contributed by atoms with Gasteiger partial charge in [0.2, 0.25) is 0 Å². The van der Waals surface area contributed by atoms with Gasteiger partial charge in [0.05, 0.1) is 0 Å². The summed E-state index contributed by atoms with van der Waals surface area (Å²) in [6.07, 6.45) is 14.2. The Balaban J connectivity index is 0.000000288. The summed E-state index contributed by atoms with van der Waals surface area (Å²) in [5.41, 5.74) is 0. The third-order valence-corrected chi connectivity index (χ3v) is 3.43. The summed E-state index contributed by atoms with van der Waals surface area (Å²) >= 11 is 5.38. The molecule has 1 heteroatoms. The first kappa shape index (κ1) is 15.3. The van der Waals surface area contributed by atoms with E-state index in [0.717, 1.165) is 11.8 Å². The van der Waals surface area contributed by atoms with Gasteiger partial charge in [-0.15, -0.1) is 11.6 Å². The minimum absolute atomic E-state index is 0.827. The van der Waals surface area contributed by atoms with Crippen molar-refractivity contribution in [1.29, 1.82) is 0 Å². The van der Waals surface area contributed by atoms with E-state index in [1.54, 1.807) is 0 Å². The molecule has 0 saturated heterocycles. The lowest BCUT2D eigenvalue weighted by Crippen LogP contribution is -2.04. The van der Waals surface area contributed by atoms with Gasteiger partial charge in [-0.2, -0.15) is 0 Å². The molecule has 0 heterocycles. The van der Waals surface area contributed by atoms with Gasteiger partial charge < -0.3 is 0 Å². The molecule has 0 bridgehead atoms. The van der Waals surface area contributed by atoms with Crippen LogP contribution in [0.1, 0.15) is 78.1 Å². The summed E-state index contributed by atoms with van der Waals surface area (Å²) in [4.78, 5) is 0. The molecule has 1 fully saturated rings. The molecular formula is C14H29Cl. The molecule has 0 aliphatic heterocycles. The van der Waals surface area contributed by atoms with Gasteiger partial charge in [0, 0.05) is 5.88 Å². The van der Waals surface area contributed by atoms with Crippen LogP contribution in [0.25, 0.3) is 0 Å². The molecule has 1 rings (SSSR count). The van der Waals surface area contributed by atoms with Gasteiger partial charge in [0.1, 0.15) is 0 Å². The Morgan fingerprint density at radius 2 is 1.60 bits per heavy atom. The molecule has 1 saturated carbocycles. The minimum atomic E-state index is 0.827. The molecule has 0 amide bonds. The maximum atomic E-state index is 5.38. The highest BCUT2D eigenvalue weighted by Crippen LogP contribution is 2.26. The monoisotopic (exact) mass is 232 g/mol. The predicted octanol–water partition coefficient (Wildman–Crippen LogP) is 5.78. The minimum Gasteiger partial charge on any atom is -0.127 e. The van der Waals surface area contributed by atoms with Crippen molar-refractivity contribution in [2.45, 2.75) is 78.1 Å². The van der Waals surface area contributed by atoms with Crippen LogP contribution >= 0.6 is 11.6 Å². The van der Waals surface area contributed by atoms with Crippen LogP contribution in [0.3, 0.4) is 0 Å². The predicted molar refractivity (Wildman–Crippen MR) is 71.7 cm³/mol. The Hall–Kier alpha value is 0.290. The fraction of sp³-hybridized carbons (Fsp3) is 1.00. The molecule has 0 unspecified atom stereocenters. The molecule has 1 aliphatic rings. The van der Waals surface area contributed by atoms with E-state index in [9.17, 15) is 0 Å². The van der Waals surface area contributed by atoms with Crippen molar-refractivity contribution in [2.75, 3.05) is 5.88 Å². The number of hydrogen-bond acceptors (Lipinski definition) is 0. The standard InChI is InChI=1S/C9H18.C5H11Cl/c1-2-6-9-7-4-3-5-8-9;1-2-3-4-5-6/h9H,2-8H2,1H3;2-5H2,1H3. The largest absolute Gasteiger partial charge is 0.127 e. The lowest BCUT2D eigenvalue weighted by Gasteiger charge is -2.20. The van der Waals surface area contributed by atoms with E-state index in [0.29, 0.717) is 0 Å². The molecule has 0 aromatic carbocycles. The van der Waals surface area contributed by atoms with E-state index >= 15 is 0 Å². The lowest BCUT2D eigenvalue weighted by atomic mass is 9.86. The first-order chi connectivity index (χ1) is 7.35. The fourth-order valence-corrected chi connectivity index (χ4v) is 2.42. The Labute approximate surface area is 102 Å². The summed E-state index contributed by atoms with van der Waals surface area (Å²) in [6.45, 7) is 4.47. The van der Waals surface area contributed by atoms with Crippen LogP contribution in [0.2, 0.25) is 0 Å². The molecule has 0 aromatic heterocycles. The van der Waals surface area contributed by atoms with Gasteiger partial charge in [-0.1, -0.05) is 71.6 Å². The average molecular weight is 233 g/mol. The van der Waals surface area contributed by atoms with E-state index in [1.807, 2.05) is 0 Å². The Morgan fingerprint density at radius 3 is 2.00 bits per heavy atom. The normalized spacial score (nSPS) is 17.0. The molecule has 0 N–H and O–H groups in total. The molecule has 0 radical (unpaired) electrons. The summed E-state index contributed by atoms with van der Waals surface area (Å²) in [5, 5.41) is 0. The third kappa shape index (κ3) is 10.6. The molecular weight excluding hydrogens is 204 g/mol. The van der Waals surface area contributed by atoms with Crippen LogP contribution in [0, 0.1) is 5.92 Å². The molecule has 0 aromatic rings. The first-order valence-corrected chi connectivity index (χ1v) is 7.44. The van der Waals surface area contributed by atoms with E-state index in [-0.39, 0.29) is 0 Å². The molecule has 1 aliphatic carbocycles. The van der Waals surface area contributed by atoms with Crippen LogP contribution in [-0.4, -0.2) is 5.88 Å². The summed E-state index contributed by atoms with van der Waals surface area (Å²) < 4.78 is 0. The smallest absolute Gasteiger partial charge is 0.0223 e. The van der Waals surface area contributed by atoms with Crippen molar-refractivity contribution in [2.24, 2.45) is 5.92 Å². The summed E-state index contributed by atoms with van der Waals surface area (Å²) in [6, 6.07) is 0. The first-order valence-electron chi connectivity index (χ1n) is 6.91. The van der Waals surface area contributed by atoms with E-state index in [2.05, 4.69) is 13.8 Å². The van der Waals surface area contributed by atoms with Gasteiger partial charge in [0.25, 0.3) is 0 Å². The van der Waals surface area contributed by atoms with Crippen molar-refractivity contribution in [1.82, 2.24) is 0 Å². The third-order valence-electron chi connectivity index (χ3n) is 3.16. The van der Waals surface area contributed by atoms with Gasteiger partial charge in [-0.25, -0.2) is 0 Å². The molecule has 0 nitrogen and oxygen atoms in total. The summed E-state index contributed by atoms with van der Waals surface area (Å²) in [5.74, 6) is 1.93. The fourth-order valence-electron chi connectivity index (χ4n) is 2.23. The Morgan fingerprint density at radius 1 is 0.933 bits per heavy atom. The highest BCUT2D eigenvalue weighted by atomic mass is 35.5. The maximum Gasteiger partial charge on any atom is 0.0223 e. The molecule has 0 atom stereocenters. The van der Waals surface area contributed by atoms with E-state index in [4.69, 9.17) is 11.6 Å². The maximum absolute atomic E-state index is 5.38. The second-order valence-corrected chi connectivity index (χ2v) is 5.07. The van der Waals surface area contributed by atoms with E-state index < -0.39 is 0 Å².